The predicted octanol–water partition coefficient (Wildman–Crippen LogP) is 13.2. The molecule has 0 bridgehead atoms. The third-order valence-corrected chi connectivity index (χ3v) is 11.3. The van der Waals surface area contributed by atoms with Crippen LogP contribution >= 0.6 is 0 Å². The van der Waals surface area contributed by atoms with Crippen LogP contribution in [0.5, 0.6) is 0 Å². The number of anilines is 3. The van der Waals surface area contributed by atoms with Crippen molar-refractivity contribution in [1.29, 1.82) is 0 Å². The lowest BCUT2D eigenvalue weighted by molar-refractivity contribution is 0.366. The Bertz CT molecular complexity index is 2000. The van der Waals surface area contributed by atoms with Gasteiger partial charge >= 0.3 is 0 Å². The Morgan fingerprint density at radius 2 is 0.917 bits per heavy atom. The van der Waals surface area contributed by atoms with Crippen LogP contribution in [0.25, 0.3) is 22.3 Å². The minimum atomic E-state index is -0.0606. The highest BCUT2D eigenvalue weighted by Crippen LogP contribution is 2.51. The second-order valence-corrected chi connectivity index (χ2v) is 14.4. The quantitative estimate of drug-likeness (QED) is 0.178. The van der Waals surface area contributed by atoms with Crippen molar-refractivity contribution in [2.24, 2.45) is 0 Å². The van der Waals surface area contributed by atoms with Crippen molar-refractivity contribution < 1.29 is 0 Å². The lowest BCUT2D eigenvalue weighted by Gasteiger charge is -2.37. The van der Waals surface area contributed by atoms with Crippen LogP contribution in [0.1, 0.15) is 81.0 Å². The van der Waals surface area contributed by atoms with E-state index in [9.17, 15) is 0 Å². The van der Waals surface area contributed by atoms with Gasteiger partial charge in [-0.15, -0.1) is 0 Å². The van der Waals surface area contributed by atoms with Crippen molar-refractivity contribution in [3.05, 3.63) is 174 Å². The Balaban J connectivity index is 1.23. The summed E-state index contributed by atoms with van der Waals surface area (Å²) in [7, 11) is 0. The molecule has 1 saturated carbocycles. The van der Waals surface area contributed by atoms with E-state index in [2.05, 4.69) is 170 Å². The van der Waals surface area contributed by atoms with Gasteiger partial charge in [-0.1, -0.05) is 161 Å². The van der Waals surface area contributed by atoms with Crippen LogP contribution in [0.2, 0.25) is 0 Å². The molecule has 0 atom stereocenters. The number of rotatable bonds is 6. The molecule has 48 heavy (non-hydrogen) atoms. The van der Waals surface area contributed by atoms with Gasteiger partial charge in [0.25, 0.3) is 0 Å². The molecule has 0 aliphatic heterocycles. The number of fused-ring (bicyclic) bond motifs is 3. The molecule has 0 N–H and O–H groups in total. The zero-order chi connectivity index (χ0) is 32.6. The molecule has 2 aliphatic carbocycles. The Morgan fingerprint density at radius 3 is 1.60 bits per heavy atom. The molecule has 6 aromatic carbocycles. The normalized spacial score (nSPS) is 16.3. The van der Waals surface area contributed by atoms with Crippen molar-refractivity contribution in [1.82, 2.24) is 0 Å². The van der Waals surface area contributed by atoms with Crippen molar-refractivity contribution in [2.45, 2.75) is 69.6 Å². The number of benzene rings is 6. The van der Waals surface area contributed by atoms with Gasteiger partial charge in [0.2, 0.25) is 0 Å². The molecule has 0 aromatic heterocycles. The van der Waals surface area contributed by atoms with E-state index in [4.69, 9.17) is 0 Å². The first-order valence-electron chi connectivity index (χ1n) is 17.9. The van der Waals surface area contributed by atoms with E-state index in [1.807, 2.05) is 0 Å². The van der Waals surface area contributed by atoms with Gasteiger partial charge in [-0.05, 0) is 93.7 Å². The van der Waals surface area contributed by atoms with Crippen LogP contribution in [0.3, 0.4) is 0 Å². The minimum Gasteiger partial charge on any atom is -0.310 e. The van der Waals surface area contributed by atoms with E-state index in [1.165, 1.54) is 107 Å². The number of hydrogen-bond donors (Lipinski definition) is 0. The zero-order valence-corrected chi connectivity index (χ0v) is 28.3. The van der Waals surface area contributed by atoms with E-state index in [0.29, 0.717) is 0 Å². The average Bonchev–Trinajstić information content (AvgIpc) is 3.36. The maximum Gasteiger partial charge on any atom is 0.0465 e. The first kappa shape index (κ1) is 30.5. The van der Waals surface area contributed by atoms with Gasteiger partial charge in [0.15, 0.2) is 0 Å². The predicted molar refractivity (Wildman–Crippen MR) is 204 cm³/mol. The molecular weight excluding hydrogens is 579 g/mol. The topological polar surface area (TPSA) is 3.24 Å². The summed E-state index contributed by atoms with van der Waals surface area (Å²) in [6.07, 6.45) is 9.01. The molecule has 1 heteroatoms. The second kappa shape index (κ2) is 12.6. The highest BCUT2D eigenvalue weighted by Gasteiger charge is 2.36. The molecule has 0 amide bonds. The molecule has 6 aromatic rings. The standard InChI is InChI=1S/C47H45N/c1-46(2)44-21-13-12-20-42(44)43-31-30-41(34-45(43)46)48(39-26-22-36(23-27-39)35-16-8-6-9-17-35)40-28-24-38(25-29-40)47(37-18-10-7-11-19-37)32-14-4-3-5-15-33-47/h6-13,16-31,34H,3-5,14-15,32-33H2,1-2H3. The molecule has 1 nitrogen and oxygen atoms in total. The lowest BCUT2D eigenvalue weighted by Crippen LogP contribution is -2.29. The van der Waals surface area contributed by atoms with Crippen molar-refractivity contribution >= 4 is 17.1 Å². The Morgan fingerprint density at radius 1 is 0.417 bits per heavy atom. The third kappa shape index (κ3) is 5.36. The summed E-state index contributed by atoms with van der Waals surface area (Å²) in [6, 6.07) is 56.7. The molecule has 1 fully saturated rings. The van der Waals surface area contributed by atoms with Crippen molar-refractivity contribution in [3.8, 4) is 22.3 Å². The van der Waals surface area contributed by atoms with Gasteiger partial charge in [-0.2, -0.15) is 0 Å². The van der Waals surface area contributed by atoms with Crippen LogP contribution < -0.4 is 4.90 Å². The maximum absolute atomic E-state index is 2.45. The Hall–Kier alpha value is -4.88. The molecule has 0 spiro atoms. The van der Waals surface area contributed by atoms with E-state index in [0.717, 1.165) is 0 Å². The zero-order valence-electron chi connectivity index (χ0n) is 28.3. The van der Waals surface area contributed by atoms with E-state index in [1.54, 1.807) is 0 Å². The minimum absolute atomic E-state index is 0.0606. The summed E-state index contributed by atoms with van der Waals surface area (Å²) in [5.74, 6) is 0. The third-order valence-electron chi connectivity index (χ3n) is 11.3. The SMILES string of the molecule is CC1(C)c2ccccc2-c2ccc(N(c3ccc(-c4ccccc4)cc3)c3ccc(C4(c5ccccc5)CCCCCCC4)cc3)cc21. The molecule has 0 unspecified atom stereocenters. The molecule has 0 heterocycles. The molecule has 2 aliphatic rings. The summed E-state index contributed by atoms with van der Waals surface area (Å²) < 4.78 is 0. The highest BCUT2D eigenvalue weighted by atomic mass is 15.1. The number of hydrogen-bond acceptors (Lipinski definition) is 1. The summed E-state index contributed by atoms with van der Waals surface area (Å²) in [6.45, 7) is 4.74. The van der Waals surface area contributed by atoms with Gasteiger partial charge in [0.1, 0.15) is 0 Å². The first-order chi connectivity index (χ1) is 23.5. The van der Waals surface area contributed by atoms with E-state index in [-0.39, 0.29) is 10.8 Å². The second-order valence-electron chi connectivity index (χ2n) is 14.4. The molecular formula is C47H45N. The van der Waals surface area contributed by atoms with Crippen LogP contribution in [-0.2, 0) is 10.8 Å². The van der Waals surface area contributed by atoms with Gasteiger partial charge < -0.3 is 4.90 Å². The van der Waals surface area contributed by atoms with Crippen LogP contribution in [0.15, 0.2) is 152 Å². The van der Waals surface area contributed by atoms with Crippen molar-refractivity contribution in [3.63, 3.8) is 0 Å². The summed E-state index contributed by atoms with van der Waals surface area (Å²) >= 11 is 0. The highest BCUT2D eigenvalue weighted by molar-refractivity contribution is 5.86. The summed E-state index contributed by atoms with van der Waals surface area (Å²) in [5.41, 5.74) is 14.4. The Labute approximate surface area is 286 Å². The smallest absolute Gasteiger partial charge is 0.0465 e. The molecule has 0 saturated heterocycles. The summed E-state index contributed by atoms with van der Waals surface area (Å²) in [4.78, 5) is 2.45. The van der Waals surface area contributed by atoms with Gasteiger partial charge in [-0.25, -0.2) is 0 Å². The number of nitrogens with zero attached hydrogens (tertiary/aromatic N) is 1. The van der Waals surface area contributed by atoms with Crippen LogP contribution in [0, 0.1) is 0 Å². The average molecular weight is 624 g/mol. The monoisotopic (exact) mass is 623 g/mol. The fourth-order valence-electron chi connectivity index (χ4n) is 8.65. The van der Waals surface area contributed by atoms with Gasteiger partial charge in [0, 0.05) is 27.9 Å². The Kier molecular flexibility index (Phi) is 8.01. The van der Waals surface area contributed by atoms with E-state index < -0.39 is 0 Å². The fraction of sp³-hybridized carbons (Fsp3) is 0.234. The van der Waals surface area contributed by atoms with Crippen molar-refractivity contribution in [2.75, 3.05) is 4.90 Å². The lowest BCUT2D eigenvalue weighted by atomic mass is 9.67. The first-order valence-corrected chi connectivity index (χ1v) is 17.9. The van der Waals surface area contributed by atoms with Crippen LogP contribution in [0.4, 0.5) is 17.1 Å². The van der Waals surface area contributed by atoms with Gasteiger partial charge in [0.05, 0.1) is 0 Å². The molecule has 238 valence electrons. The fourth-order valence-corrected chi connectivity index (χ4v) is 8.65. The van der Waals surface area contributed by atoms with E-state index >= 15 is 0 Å². The molecule has 0 radical (unpaired) electrons. The maximum atomic E-state index is 2.45. The van der Waals surface area contributed by atoms with Crippen LogP contribution in [-0.4, -0.2) is 0 Å². The van der Waals surface area contributed by atoms with Gasteiger partial charge in [-0.3, -0.25) is 0 Å². The molecule has 8 rings (SSSR count). The largest absolute Gasteiger partial charge is 0.310 e. The summed E-state index contributed by atoms with van der Waals surface area (Å²) in [5, 5.41) is 0.